The highest BCUT2D eigenvalue weighted by molar-refractivity contribution is 9.10. The Bertz CT molecular complexity index is 424. The summed E-state index contributed by atoms with van der Waals surface area (Å²) in [4.78, 5) is 4.64. The van der Waals surface area contributed by atoms with Crippen molar-refractivity contribution in [3.05, 3.63) is 34.3 Å². The van der Waals surface area contributed by atoms with Gasteiger partial charge in [-0.05, 0) is 37.5 Å². The standard InChI is InChI=1S/C14H21BrN4/c1-10(11-6-8-12(15)9-7-11)17-14(19-16)18-13-4-2-3-5-13/h6-10,13H,2-5,16H2,1H3,(H2,17,18,19). The predicted molar refractivity (Wildman–Crippen MR) is 82.7 cm³/mol. The lowest BCUT2D eigenvalue weighted by atomic mass is 10.1. The highest BCUT2D eigenvalue weighted by atomic mass is 79.9. The lowest BCUT2D eigenvalue weighted by molar-refractivity contribution is 0.653. The number of nitrogens with two attached hydrogens (primary N) is 1. The van der Waals surface area contributed by atoms with Crippen LogP contribution in [0.1, 0.15) is 44.2 Å². The molecular formula is C14H21BrN4. The molecule has 1 aromatic rings. The molecule has 0 bridgehead atoms. The van der Waals surface area contributed by atoms with Crippen LogP contribution in [0, 0.1) is 0 Å². The van der Waals surface area contributed by atoms with Crippen molar-refractivity contribution in [3.8, 4) is 0 Å². The van der Waals surface area contributed by atoms with E-state index in [4.69, 9.17) is 5.84 Å². The summed E-state index contributed by atoms with van der Waals surface area (Å²) in [5, 5.41) is 3.33. The number of rotatable bonds is 3. The number of guanidine groups is 1. The van der Waals surface area contributed by atoms with Crippen LogP contribution in [0.5, 0.6) is 0 Å². The van der Waals surface area contributed by atoms with Gasteiger partial charge in [0.1, 0.15) is 0 Å². The molecule has 5 heteroatoms. The second-order valence-electron chi connectivity index (χ2n) is 4.98. The summed E-state index contributed by atoms with van der Waals surface area (Å²) >= 11 is 3.44. The highest BCUT2D eigenvalue weighted by Crippen LogP contribution is 2.21. The van der Waals surface area contributed by atoms with Crippen LogP contribution >= 0.6 is 15.9 Å². The third-order valence-electron chi connectivity index (χ3n) is 3.50. The Morgan fingerprint density at radius 1 is 1.32 bits per heavy atom. The second kappa shape index (κ2) is 6.91. The number of hydrogen-bond donors (Lipinski definition) is 3. The van der Waals surface area contributed by atoms with Crippen molar-refractivity contribution in [2.45, 2.75) is 44.7 Å². The number of hydrazine groups is 1. The summed E-state index contributed by atoms with van der Waals surface area (Å²) < 4.78 is 1.08. The number of nitrogens with one attached hydrogen (secondary N) is 2. The average Bonchev–Trinajstić information content (AvgIpc) is 2.91. The molecule has 1 saturated carbocycles. The molecule has 1 fully saturated rings. The van der Waals surface area contributed by atoms with Gasteiger partial charge < -0.3 is 5.32 Å². The van der Waals surface area contributed by atoms with E-state index in [0.717, 1.165) is 4.47 Å². The van der Waals surface area contributed by atoms with Crippen LogP contribution in [0.2, 0.25) is 0 Å². The lowest BCUT2D eigenvalue weighted by Gasteiger charge is -2.18. The predicted octanol–water partition coefficient (Wildman–Crippen LogP) is 2.86. The van der Waals surface area contributed by atoms with E-state index in [0.29, 0.717) is 12.0 Å². The Kier molecular flexibility index (Phi) is 5.22. The molecule has 19 heavy (non-hydrogen) atoms. The van der Waals surface area contributed by atoms with Crippen molar-refractivity contribution in [2.75, 3.05) is 0 Å². The summed E-state index contributed by atoms with van der Waals surface area (Å²) in [5.41, 5.74) is 3.88. The normalized spacial score (nSPS) is 18.4. The van der Waals surface area contributed by atoms with E-state index in [-0.39, 0.29) is 6.04 Å². The molecule has 2 rings (SSSR count). The number of hydrogen-bond acceptors (Lipinski definition) is 2. The third-order valence-corrected chi connectivity index (χ3v) is 4.02. The van der Waals surface area contributed by atoms with Crippen LogP contribution < -0.4 is 16.6 Å². The van der Waals surface area contributed by atoms with Crippen molar-refractivity contribution in [1.82, 2.24) is 10.7 Å². The van der Waals surface area contributed by atoms with Gasteiger partial charge in [-0.2, -0.15) is 0 Å². The second-order valence-corrected chi connectivity index (χ2v) is 5.89. The zero-order valence-corrected chi connectivity index (χ0v) is 12.8. The summed E-state index contributed by atoms with van der Waals surface area (Å²) in [5.74, 6) is 6.23. The van der Waals surface area contributed by atoms with Crippen molar-refractivity contribution in [2.24, 2.45) is 10.8 Å². The maximum atomic E-state index is 5.55. The fraction of sp³-hybridized carbons (Fsp3) is 0.500. The first kappa shape index (κ1) is 14.3. The molecule has 0 aromatic heterocycles. The lowest BCUT2D eigenvalue weighted by Crippen LogP contribution is -2.43. The highest BCUT2D eigenvalue weighted by Gasteiger charge is 2.15. The number of aliphatic imine (C=N–C) groups is 1. The maximum absolute atomic E-state index is 5.55. The van der Waals surface area contributed by atoms with Crippen LogP contribution in [0.15, 0.2) is 33.7 Å². The molecule has 1 aliphatic rings. The molecule has 0 saturated heterocycles. The Morgan fingerprint density at radius 2 is 1.95 bits per heavy atom. The summed E-state index contributed by atoms with van der Waals surface area (Å²) in [6.45, 7) is 2.10. The fourth-order valence-electron chi connectivity index (χ4n) is 2.37. The molecular weight excluding hydrogens is 304 g/mol. The molecule has 1 unspecified atom stereocenters. The summed E-state index contributed by atoms with van der Waals surface area (Å²) in [7, 11) is 0. The van der Waals surface area contributed by atoms with E-state index in [1.54, 1.807) is 0 Å². The van der Waals surface area contributed by atoms with E-state index in [2.05, 4.69) is 50.7 Å². The van der Waals surface area contributed by atoms with Gasteiger partial charge in [-0.3, -0.25) is 5.43 Å². The van der Waals surface area contributed by atoms with Crippen LogP contribution in [0.3, 0.4) is 0 Å². The monoisotopic (exact) mass is 324 g/mol. The molecule has 0 amide bonds. The molecule has 104 valence electrons. The quantitative estimate of drug-likeness (QED) is 0.347. The van der Waals surface area contributed by atoms with Crippen molar-refractivity contribution in [3.63, 3.8) is 0 Å². The van der Waals surface area contributed by atoms with Gasteiger partial charge >= 0.3 is 0 Å². The Balaban J connectivity index is 1.99. The fourth-order valence-corrected chi connectivity index (χ4v) is 2.64. The van der Waals surface area contributed by atoms with Gasteiger partial charge in [0.25, 0.3) is 0 Å². The number of nitrogens with zero attached hydrogens (tertiary/aromatic N) is 1. The van der Waals surface area contributed by atoms with Crippen molar-refractivity contribution < 1.29 is 0 Å². The first-order chi connectivity index (χ1) is 9.19. The van der Waals surface area contributed by atoms with Gasteiger partial charge in [0.05, 0.1) is 12.1 Å². The largest absolute Gasteiger partial charge is 0.349 e. The number of benzene rings is 1. The van der Waals surface area contributed by atoms with Crippen LogP contribution in [-0.2, 0) is 0 Å². The van der Waals surface area contributed by atoms with Crippen LogP contribution in [0.4, 0.5) is 0 Å². The molecule has 1 aliphatic carbocycles. The Labute approximate surface area is 123 Å². The van der Waals surface area contributed by atoms with E-state index >= 15 is 0 Å². The molecule has 0 aliphatic heterocycles. The zero-order valence-electron chi connectivity index (χ0n) is 11.2. The Hall–Kier alpha value is -1.07. The SMILES string of the molecule is CC(NC(=NC1CCCC1)NN)c1ccc(Br)cc1. The average molecular weight is 325 g/mol. The van der Waals surface area contributed by atoms with Crippen LogP contribution in [0.25, 0.3) is 0 Å². The summed E-state index contributed by atoms with van der Waals surface area (Å²) in [6.07, 6.45) is 4.88. The van der Waals surface area contributed by atoms with Gasteiger partial charge in [0, 0.05) is 4.47 Å². The van der Waals surface area contributed by atoms with Gasteiger partial charge in [-0.15, -0.1) is 0 Å². The van der Waals surface area contributed by atoms with Crippen molar-refractivity contribution >= 4 is 21.9 Å². The minimum atomic E-state index is 0.171. The van der Waals surface area contributed by atoms with E-state index in [9.17, 15) is 0 Å². The van der Waals surface area contributed by atoms with Gasteiger partial charge in [0.2, 0.25) is 5.96 Å². The molecule has 0 radical (unpaired) electrons. The molecule has 0 spiro atoms. The maximum Gasteiger partial charge on any atom is 0.206 e. The minimum absolute atomic E-state index is 0.171. The van der Waals surface area contributed by atoms with Gasteiger partial charge in [-0.25, -0.2) is 10.8 Å². The zero-order chi connectivity index (χ0) is 13.7. The Morgan fingerprint density at radius 3 is 2.53 bits per heavy atom. The smallest absolute Gasteiger partial charge is 0.206 e. The van der Waals surface area contributed by atoms with E-state index in [1.165, 1.54) is 31.2 Å². The first-order valence-electron chi connectivity index (χ1n) is 6.75. The van der Waals surface area contributed by atoms with Crippen LogP contribution in [-0.4, -0.2) is 12.0 Å². The third kappa shape index (κ3) is 4.21. The van der Waals surface area contributed by atoms with E-state index < -0.39 is 0 Å². The molecule has 4 nitrogen and oxygen atoms in total. The van der Waals surface area contributed by atoms with Gasteiger partial charge in [-0.1, -0.05) is 40.9 Å². The number of halogens is 1. The first-order valence-corrected chi connectivity index (χ1v) is 7.55. The molecule has 4 N–H and O–H groups in total. The van der Waals surface area contributed by atoms with Crippen molar-refractivity contribution in [1.29, 1.82) is 0 Å². The minimum Gasteiger partial charge on any atom is -0.349 e. The molecule has 0 heterocycles. The summed E-state index contributed by atoms with van der Waals surface area (Å²) in [6, 6.07) is 8.84. The van der Waals surface area contributed by atoms with Gasteiger partial charge in [0.15, 0.2) is 0 Å². The molecule has 1 atom stereocenters. The topological polar surface area (TPSA) is 62.4 Å². The molecule has 1 aromatic carbocycles. The van der Waals surface area contributed by atoms with E-state index in [1.807, 2.05) is 12.1 Å².